The molecular weight excluding hydrogens is 170 g/mol. The fraction of sp³-hybridized carbons (Fsp3) is 0.625. The maximum atomic E-state index is 5.50. The Bertz CT molecular complexity index is 265. The Kier molecular flexibility index (Phi) is 1.92. The number of nitrogens with zero attached hydrogens (tertiary/aromatic N) is 1. The minimum absolute atomic E-state index is 0.620. The highest BCUT2D eigenvalue weighted by Gasteiger charge is 2.25. The Morgan fingerprint density at radius 1 is 1.67 bits per heavy atom. The fourth-order valence-corrected chi connectivity index (χ4v) is 2.23. The lowest BCUT2D eigenvalue weighted by atomic mass is 9.82. The number of anilines is 2. The molecule has 1 saturated carbocycles. The van der Waals surface area contributed by atoms with Crippen LogP contribution >= 0.6 is 11.5 Å². The van der Waals surface area contributed by atoms with Crippen LogP contribution in [-0.2, 0) is 0 Å². The standard InChI is InChI=1S/C8H13N3S/c1-5-2-6(3-5)10-8-4-7(9)11-12-8/h4-6,10H,2-3H2,1H3,(H2,9,11). The molecule has 3 N–H and O–H groups in total. The first-order valence-corrected chi connectivity index (χ1v) is 5.00. The van der Waals surface area contributed by atoms with Crippen LogP contribution in [0.5, 0.6) is 0 Å². The van der Waals surface area contributed by atoms with Crippen LogP contribution in [0.25, 0.3) is 0 Å². The number of nitrogens with two attached hydrogens (primary N) is 1. The van der Waals surface area contributed by atoms with Crippen LogP contribution in [0.2, 0.25) is 0 Å². The molecule has 1 aromatic rings. The SMILES string of the molecule is CC1CC(Nc2cc(N)ns2)C1. The van der Waals surface area contributed by atoms with Crippen molar-refractivity contribution in [3.63, 3.8) is 0 Å². The molecule has 66 valence electrons. The third-order valence-corrected chi connectivity index (χ3v) is 2.98. The molecule has 0 unspecified atom stereocenters. The Labute approximate surface area is 76.1 Å². The molecular formula is C8H13N3S. The van der Waals surface area contributed by atoms with Crippen LogP contribution < -0.4 is 11.1 Å². The summed E-state index contributed by atoms with van der Waals surface area (Å²) < 4.78 is 4.00. The Morgan fingerprint density at radius 3 is 2.92 bits per heavy atom. The van der Waals surface area contributed by atoms with Gasteiger partial charge in [0.05, 0.1) is 0 Å². The lowest BCUT2D eigenvalue weighted by molar-refractivity contribution is 0.309. The second kappa shape index (κ2) is 2.94. The maximum absolute atomic E-state index is 5.50. The summed E-state index contributed by atoms with van der Waals surface area (Å²) >= 11 is 1.44. The summed E-state index contributed by atoms with van der Waals surface area (Å²) in [6.07, 6.45) is 2.55. The summed E-state index contributed by atoms with van der Waals surface area (Å²) in [5.41, 5.74) is 5.50. The van der Waals surface area contributed by atoms with Gasteiger partial charge in [0, 0.05) is 12.1 Å². The molecule has 2 rings (SSSR count). The minimum atomic E-state index is 0.620. The number of aromatic nitrogens is 1. The highest BCUT2D eigenvalue weighted by atomic mass is 32.1. The van der Waals surface area contributed by atoms with Crippen molar-refractivity contribution in [1.29, 1.82) is 0 Å². The summed E-state index contributed by atoms with van der Waals surface area (Å²) in [6, 6.07) is 2.55. The quantitative estimate of drug-likeness (QED) is 0.736. The zero-order valence-corrected chi connectivity index (χ0v) is 7.90. The third kappa shape index (κ3) is 1.53. The average molecular weight is 183 g/mol. The zero-order valence-electron chi connectivity index (χ0n) is 7.08. The van der Waals surface area contributed by atoms with Gasteiger partial charge in [-0.25, -0.2) is 0 Å². The summed E-state index contributed by atoms with van der Waals surface area (Å²) in [7, 11) is 0. The minimum Gasteiger partial charge on any atom is -0.383 e. The van der Waals surface area contributed by atoms with E-state index < -0.39 is 0 Å². The van der Waals surface area contributed by atoms with E-state index in [1.165, 1.54) is 24.4 Å². The molecule has 12 heavy (non-hydrogen) atoms. The lowest BCUT2D eigenvalue weighted by Gasteiger charge is -2.33. The van der Waals surface area contributed by atoms with Crippen LogP contribution in [0.4, 0.5) is 10.8 Å². The van der Waals surface area contributed by atoms with Gasteiger partial charge in [0.1, 0.15) is 10.8 Å². The Morgan fingerprint density at radius 2 is 2.42 bits per heavy atom. The molecule has 0 spiro atoms. The van der Waals surface area contributed by atoms with Gasteiger partial charge in [0.2, 0.25) is 0 Å². The predicted molar refractivity (Wildman–Crippen MR) is 52.3 cm³/mol. The second-order valence-corrected chi connectivity index (χ2v) is 4.34. The second-order valence-electron chi connectivity index (χ2n) is 3.53. The average Bonchev–Trinajstić information content (AvgIpc) is 2.33. The van der Waals surface area contributed by atoms with Gasteiger partial charge in [-0.15, -0.1) is 0 Å². The van der Waals surface area contributed by atoms with Crippen molar-refractivity contribution >= 4 is 22.4 Å². The van der Waals surface area contributed by atoms with Gasteiger partial charge < -0.3 is 11.1 Å². The summed E-state index contributed by atoms with van der Waals surface area (Å²) in [5.74, 6) is 1.50. The molecule has 1 fully saturated rings. The van der Waals surface area contributed by atoms with Crippen molar-refractivity contribution in [1.82, 2.24) is 4.37 Å². The van der Waals surface area contributed by atoms with Crippen molar-refractivity contribution in [3.05, 3.63) is 6.07 Å². The fourth-order valence-electron chi connectivity index (χ4n) is 1.58. The van der Waals surface area contributed by atoms with Crippen LogP contribution in [0.15, 0.2) is 6.07 Å². The third-order valence-electron chi connectivity index (χ3n) is 2.25. The molecule has 1 aliphatic rings. The molecule has 1 heterocycles. The van der Waals surface area contributed by atoms with E-state index in [9.17, 15) is 0 Å². The normalized spacial score (nSPS) is 28.1. The largest absolute Gasteiger partial charge is 0.383 e. The monoisotopic (exact) mass is 183 g/mol. The first-order valence-electron chi connectivity index (χ1n) is 4.23. The smallest absolute Gasteiger partial charge is 0.139 e. The lowest BCUT2D eigenvalue weighted by Crippen LogP contribution is -2.33. The maximum Gasteiger partial charge on any atom is 0.139 e. The Balaban J connectivity index is 1.88. The first-order chi connectivity index (χ1) is 5.74. The van der Waals surface area contributed by atoms with Gasteiger partial charge in [-0.3, -0.25) is 0 Å². The topological polar surface area (TPSA) is 50.9 Å². The predicted octanol–water partition coefficient (Wildman–Crippen LogP) is 1.94. The Hall–Kier alpha value is -0.770. The van der Waals surface area contributed by atoms with Crippen LogP contribution in [0.1, 0.15) is 19.8 Å². The van der Waals surface area contributed by atoms with E-state index in [1.807, 2.05) is 6.07 Å². The number of nitrogen functional groups attached to an aromatic ring is 1. The molecule has 0 bridgehead atoms. The molecule has 3 nitrogen and oxygen atoms in total. The van der Waals surface area contributed by atoms with Crippen molar-refractivity contribution < 1.29 is 0 Å². The molecule has 0 atom stereocenters. The van der Waals surface area contributed by atoms with Gasteiger partial charge in [0.25, 0.3) is 0 Å². The van der Waals surface area contributed by atoms with E-state index in [4.69, 9.17) is 5.73 Å². The van der Waals surface area contributed by atoms with E-state index in [2.05, 4.69) is 16.6 Å². The highest BCUT2D eigenvalue weighted by Crippen LogP contribution is 2.30. The molecule has 0 aliphatic heterocycles. The summed E-state index contributed by atoms with van der Waals surface area (Å²) in [4.78, 5) is 0. The first kappa shape index (κ1) is 7.86. The van der Waals surface area contributed by atoms with Crippen molar-refractivity contribution in [3.8, 4) is 0 Å². The van der Waals surface area contributed by atoms with Crippen molar-refractivity contribution in [2.24, 2.45) is 5.92 Å². The molecule has 0 amide bonds. The van der Waals surface area contributed by atoms with Gasteiger partial charge >= 0.3 is 0 Å². The van der Waals surface area contributed by atoms with Crippen LogP contribution in [-0.4, -0.2) is 10.4 Å². The number of hydrogen-bond donors (Lipinski definition) is 2. The van der Waals surface area contributed by atoms with Gasteiger partial charge in [-0.1, -0.05) is 6.92 Å². The van der Waals surface area contributed by atoms with Gasteiger partial charge in [0.15, 0.2) is 0 Å². The molecule has 0 aromatic carbocycles. The molecule has 4 heteroatoms. The molecule has 1 aromatic heterocycles. The van der Waals surface area contributed by atoms with Crippen molar-refractivity contribution in [2.45, 2.75) is 25.8 Å². The van der Waals surface area contributed by atoms with Gasteiger partial charge in [-0.05, 0) is 30.3 Å². The zero-order chi connectivity index (χ0) is 8.55. The van der Waals surface area contributed by atoms with E-state index in [1.54, 1.807) is 0 Å². The summed E-state index contributed by atoms with van der Waals surface area (Å²) in [5, 5.41) is 4.51. The van der Waals surface area contributed by atoms with E-state index >= 15 is 0 Å². The van der Waals surface area contributed by atoms with E-state index in [-0.39, 0.29) is 0 Å². The number of nitrogens with one attached hydrogen (secondary N) is 1. The van der Waals surface area contributed by atoms with E-state index in [0.29, 0.717) is 11.9 Å². The summed E-state index contributed by atoms with van der Waals surface area (Å²) in [6.45, 7) is 2.28. The highest BCUT2D eigenvalue weighted by molar-refractivity contribution is 7.10. The van der Waals surface area contributed by atoms with Crippen LogP contribution in [0.3, 0.4) is 0 Å². The van der Waals surface area contributed by atoms with Crippen LogP contribution in [0, 0.1) is 5.92 Å². The molecule has 0 radical (unpaired) electrons. The van der Waals surface area contributed by atoms with Crippen molar-refractivity contribution in [2.75, 3.05) is 11.1 Å². The number of rotatable bonds is 2. The van der Waals surface area contributed by atoms with Gasteiger partial charge in [-0.2, -0.15) is 4.37 Å². The number of hydrogen-bond acceptors (Lipinski definition) is 4. The molecule has 1 aliphatic carbocycles. The van der Waals surface area contributed by atoms with E-state index in [0.717, 1.165) is 10.9 Å². The molecule has 0 saturated heterocycles.